The molecule has 0 spiro atoms. The number of rotatable bonds is 6. The number of carbonyl (C=O) groups is 1. The number of aryl methyl sites for hydroxylation is 1. The standard InChI is InChI=1S/C19H19N3O4S/c1-12(13-2-3-15-16(10-13)25-8-7-24-15)20-17(23)4-5-18-21-19(22-26-18)14-6-9-27-11-14/h2-3,6,9-12H,4-5,7-8H2,1H3,(H,20,23)/t12-/m1/s1. The molecular formula is C19H19N3O4S. The fraction of sp³-hybridized carbons (Fsp3) is 0.316. The van der Waals surface area contributed by atoms with Gasteiger partial charge in [-0.2, -0.15) is 16.3 Å². The molecule has 4 rings (SSSR count). The molecule has 1 amide bonds. The summed E-state index contributed by atoms with van der Waals surface area (Å²) in [6.45, 7) is 3.03. The van der Waals surface area contributed by atoms with Crippen LogP contribution in [0.2, 0.25) is 0 Å². The summed E-state index contributed by atoms with van der Waals surface area (Å²) in [5.74, 6) is 2.38. The molecule has 8 heteroatoms. The van der Waals surface area contributed by atoms with Gasteiger partial charge in [0.1, 0.15) is 13.2 Å². The first-order valence-corrected chi connectivity index (χ1v) is 9.67. The van der Waals surface area contributed by atoms with Gasteiger partial charge in [-0.15, -0.1) is 0 Å². The molecule has 1 N–H and O–H groups in total. The number of amides is 1. The molecule has 0 aliphatic carbocycles. The number of carbonyl (C=O) groups excluding carboxylic acids is 1. The van der Waals surface area contributed by atoms with Crippen LogP contribution in [0, 0.1) is 0 Å². The van der Waals surface area contributed by atoms with E-state index >= 15 is 0 Å². The van der Waals surface area contributed by atoms with Gasteiger partial charge in [0, 0.05) is 23.8 Å². The van der Waals surface area contributed by atoms with Crippen molar-refractivity contribution in [3.05, 3.63) is 46.5 Å². The summed E-state index contributed by atoms with van der Waals surface area (Å²) in [6.07, 6.45) is 0.678. The number of fused-ring (bicyclic) bond motifs is 1. The summed E-state index contributed by atoms with van der Waals surface area (Å²) < 4.78 is 16.3. The highest BCUT2D eigenvalue weighted by Gasteiger charge is 2.16. The summed E-state index contributed by atoms with van der Waals surface area (Å²) in [4.78, 5) is 16.6. The highest BCUT2D eigenvalue weighted by molar-refractivity contribution is 7.08. The summed E-state index contributed by atoms with van der Waals surface area (Å²) in [5, 5.41) is 10.8. The van der Waals surface area contributed by atoms with Gasteiger partial charge in [-0.1, -0.05) is 11.2 Å². The molecule has 27 heavy (non-hydrogen) atoms. The summed E-state index contributed by atoms with van der Waals surface area (Å²) in [5.41, 5.74) is 1.89. The lowest BCUT2D eigenvalue weighted by atomic mass is 10.1. The van der Waals surface area contributed by atoms with Crippen molar-refractivity contribution in [2.45, 2.75) is 25.8 Å². The molecule has 3 heterocycles. The van der Waals surface area contributed by atoms with E-state index in [2.05, 4.69) is 15.5 Å². The zero-order valence-corrected chi connectivity index (χ0v) is 15.6. The summed E-state index contributed by atoms with van der Waals surface area (Å²) in [7, 11) is 0. The maximum Gasteiger partial charge on any atom is 0.227 e. The lowest BCUT2D eigenvalue weighted by Gasteiger charge is -2.21. The zero-order valence-electron chi connectivity index (χ0n) is 14.8. The molecule has 0 bridgehead atoms. The van der Waals surface area contributed by atoms with Crippen molar-refractivity contribution in [1.29, 1.82) is 0 Å². The Labute approximate surface area is 160 Å². The van der Waals surface area contributed by atoms with Gasteiger partial charge in [-0.05, 0) is 36.1 Å². The van der Waals surface area contributed by atoms with Crippen LogP contribution in [0.3, 0.4) is 0 Å². The van der Waals surface area contributed by atoms with Crippen LogP contribution in [-0.4, -0.2) is 29.3 Å². The fourth-order valence-corrected chi connectivity index (χ4v) is 3.45. The van der Waals surface area contributed by atoms with E-state index in [1.807, 2.05) is 41.9 Å². The second kappa shape index (κ2) is 7.79. The van der Waals surface area contributed by atoms with Crippen LogP contribution in [0.4, 0.5) is 0 Å². The quantitative estimate of drug-likeness (QED) is 0.700. The van der Waals surface area contributed by atoms with Crippen LogP contribution in [0.5, 0.6) is 11.5 Å². The van der Waals surface area contributed by atoms with Gasteiger partial charge in [0.05, 0.1) is 6.04 Å². The lowest BCUT2D eigenvalue weighted by molar-refractivity contribution is -0.121. The Bertz CT molecular complexity index is 923. The Balaban J connectivity index is 1.31. The molecule has 1 aromatic carbocycles. The monoisotopic (exact) mass is 385 g/mol. The topological polar surface area (TPSA) is 86.5 Å². The molecule has 0 saturated heterocycles. The third-order valence-electron chi connectivity index (χ3n) is 4.26. The van der Waals surface area contributed by atoms with E-state index in [1.165, 1.54) is 0 Å². The van der Waals surface area contributed by atoms with E-state index in [4.69, 9.17) is 14.0 Å². The molecule has 3 aromatic rings. The lowest BCUT2D eigenvalue weighted by Crippen LogP contribution is -2.27. The van der Waals surface area contributed by atoms with E-state index in [1.54, 1.807) is 11.3 Å². The molecule has 1 atom stereocenters. The van der Waals surface area contributed by atoms with Crippen molar-refractivity contribution in [3.63, 3.8) is 0 Å². The third kappa shape index (κ3) is 4.11. The van der Waals surface area contributed by atoms with E-state index < -0.39 is 0 Å². The first-order valence-electron chi connectivity index (χ1n) is 8.73. The Kier molecular flexibility index (Phi) is 5.06. The van der Waals surface area contributed by atoms with Crippen LogP contribution in [0.15, 0.2) is 39.5 Å². The second-order valence-corrected chi connectivity index (χ2v) is 7.00. The summed E-state index contributed by atoms with van der Waals surface area (Å²) >= 11 is 1.57. The molecule has 0 unspecified atom stereocenters. The van der Waals surface area contributed by atoms with Crippen molar-refractivity contribution in [1.82, 2.24) is 15.5 Å². The average molecular weight is 385 g/mol. The van der Waals surface area contributed by atoms with Crippen LogP contribution in [0.1, 0.15) is 30.8 Å². The first-order chi connectivity index (χ1) is 13.2. The number of ether oxygens (including phenoxy) is 2. The Morgan fingerprint density at radius 2 is 2.11 bits per heavy atom. The maximum absolute atomic E-state index is 12.3. The first kappa shape index (κ1) is 17.5. The van der Waals surface area contributed by atoms with Gasteiger partial charge in [-0.25, -0.2) is 0 Å². The van der Waals surface area contributed by atoms with Crippen LogP contribution >= 0.6 is 11.3 Å². The predicted molar refractivity (Wildman–Crippen MR) is 99.9 cm³/mol. The van der Waals surface area contributed by atoms with E-state index in [0.29, 0.717) is 37.1 Å². The smallest absolute Gasteiger partial charge is 0.227 e. The van der Waals surface area contributed by atoms with Crippen molar-refractivity contribution in [2.75, 3.05) is 13.2 Å². The number of benzene rings is 1. The van der Waals surface area contributed by atoms with Crippen LogP contribution in [-0.2, 0) is 11.2 Å². The van der Waals surface area contributed by atoms with Gasteiger partial charge < -0.3 is 19.3 Å². The Morgan fingerprint density at radius 1 is 1.26 bits per heavy atom. The minimum Gasteiger partial charge on any atom is -0.486 e. The number of hydrogen-bond acceptors (Lipinski definition) is 7. The SMILES string of the molecule is C[C@@H](NC(=O)CCc1nc(-c2ccsc2)no1)c1ccc2c(c1)OCCO2. The third-order valence-corrected chi connectivity index (χ3v) is 4.94. The van der Waals surface area contributed by atoms with Crippen LogP contribution < -0.4 is 14.8 Å². The average Bonchev–Trinajstić information content (AvgIpc) is 3.37. The molecule has 0 saturated carbocycles. The second-order valence-electron chi connectivity index (χ2n) is 6.22. The highest BCUT2D eigenvalue weighted by Crippen LogP contribution is 2.32. The Hall–Kier alpha value is -2.87. The fourth-order valence-electron chi connectivity index (χ4n) is 2.81. The number of hydrogen-bond donors (Lipinski definition) is 1. The van der Waals surface area contributed by atoms with Crippen molar-refractivity contribution in [2.24, 2.45) is 0 Å². The number of thiophene rings is 1. The van der Waals surface area contributed by atoms with Crippen molar-refractivity contribution < 1.29 is 18.8 Å². The van der Waals surface area contributed by atoms with Gasteiger partial charge in [0.15, 0.2) is 11.5 Å². The number of nitrogens with one attached hydrogen (secondary N) is 1. The molecule has 140 valence electrons. The Morgan fingerprint density at radius 3 is 2.93 bits per heavy atom. The van der Waals surface area contributed by atoms with Crippen LogP contribution in [0.25, 0.3) is 11.4 Å². The number of nitrogens with zero attached hydrogens (tertiary/aromatic N) is 2. The van der Waals surface area contributed by atoms with E-state index in [9.17, 15) is 4.79 Å². The van der Waals surface area contributed by atoms with Gasteiger partial charge in [-0.3, -0.25) is 4.79 Å². The van der Waals surface area contributed by atoms with E-state index in [-0.39, 0.29) is 18.4 Å². The predicted octanol–water partition coefficient (Wildman–Crippen LogP) is 3.38. The van der Waals surface area contributed by atoms with E-state index in [0.717, 1.165) is 16.9 Å². The largest absolute Gasteiger partial charge is 0.486 e. The highest BCUT2D eigenvalue weighted by atomic mass is 32.1. The van der Waals surface area contributed by atoms with Gasteiger partial charge in [0.2, 0.25) is 17.6 Å². The molecule has 1 aliphatic heterocycles. The van der Waals surface area contributed by atoms with Crippen molar-refractivity contribution >= 4 is 17.2 Å². The van der Waals surface area contributed by atoms with Gasteiger partial charge in [0.25, 0.3) is 0 Å². The van der Waals surface area contributed by atoms with Crippen molar-refractivity contribution in [3.8, 4) is 22.9 Å². The molecular weight excluding hydrogens is 366 g/mol. The molecule has 0 radical (unpaired) electrons. The minimum absolute atomic E-state index is 0.0762. The molecule has 7 nitrogen and oxygen atoms in total. The maximum atomic E-state index is 12.3. The minimum atomic E-state index is -0.141. The summed E-state index contributed by atoms with van der Waals surface area (Å²) in [6, 6.07) is 7.50. The molecule has 2 aromatic heterocycles. The zero-order chi connectivity index (χ0) is 18.6. The number of aromatic nitrogens is 2. The molecule has 0 fully saturated rings. The van der Waals surface area contributed by atoms with Gasteiger partial charge >= 0.3 is 0 Å². The normalized spacial score (nSPS) is 14.0. The molecule has 1 aliphatic rings.